The van der Waals surface area contributed by atoms with Crippen molar-refractivity contribution < 1.29 is 19.2 Å². The number of benzene rings is 3. The summed E-state index contributed by atoms with van der Waals surface area (Å²) in [6.07, 6.45) is 12.1. The fourth-order valence-electron chi connectivity index (χ4n) is 4.42. The molecule has 0 heterocycles. The van der Waals surface area contributed by atoms with Crippen LogP contribution in [-0.2, 0) is 6.61 Å². The predicted molar refractivity (Wildman–Crippen MR) is 151 cm³/mol. The lowest BCUT2D eigenvalue weighted by Gasteiger charge is -2.15. The van der Waals surface area contributed by atoms with E-state index in [2.05, 4.69) is 6.92 Å². The van der Waals surface area contributed by atoms with Gasteiger partial charge >= 0.3 is 5.69 Å². The maximum absolute atomic E-state index is 13.2. The summed E-state index contributed by atoms with van der Waals surface area (Å²) in [6.45, 7) is 2.79. The van der Waals surface area contributed by atoms with Gasteiger partial charge in [-0.05, 0) is 24.1 Å². The molecule has 0 N–H and O–H groups in total. The quantitative estimate of drug-likeness (QED) is 0.0729. The van der Waals surface area contributed by atoms with E-state index in [4.69, 9.17) is 9.47 Å². The molecule has 6 heteroatoms. The first-order valence-corrected chi connectivity index (χ1v) is 13.8. The fraction of sp³-hybridized carbons (Fsp3) is 0.406. The topological polar surface area (TPSA) is 78.7 Å². The highest BCUT2D eigenvalue weighted by Crippen LogP contribution is 2.41. The van der Waals surface area contributed by atoms with E-state index in [1.54, 1.807) is 36.4 Å². The molecule has 0 aliphatic rings. The number of hydrogen-bond donors (Lipinski definition) is 0. The van der Waals surface area contributed by atoms with Crippen molar-refractivity contribution in [3.63, 3.8) is 0 Å². The van der Waals surface area contributed by atoms with Crippen LogP contribution in [0.4, 0.5) is 5.69 Å². The number of nitrogens with zero attached hydrogens (tertiary/aromatic N) is 1. The smallest absolute Gasteiger partial charge is 0.326 e. The molecule has 0 amide bonds. The first-order chi connectivity index (χ1) is 18.6. The van der Waals surface area contributed by atoms with Gasteiger partial charge in [0.05, 0.1) is 11.5 Å². The summed E-state index contributed by atoms with van der Waals surface area (Å²) in [5.74, 6) is -0.149. The van der Waals surface area contributed by atoms with Gasteiger partial charge < -0.3 is 9.47 Å². The van der Waals surface area contributed by atoms with E-state index in [1.807, 2.05) is 30.3 Å². The van der Waals surface area contributed by atoms with Gasteiger partial charge in [0.2, 0.25) is 5.75 Å². The zero-order valence-corrected chi connectivity index (χ0v) is 22.4. The Morgan fingerprint density at radius 3 is 1.92 bits per heavy atom. The summed E-state index contributed by atoms with van der Waals surface area (Å²) in [7, 11) is 0. The van der Waals surface area contributed by atoms with E-state index in [0.717, 1.165) is 24.8 Å². The third-order valence-corrected chi connectivity index (χ3v) is 6.54. The molecule has 0 saturated heterocycles. The van der Waals surface area contributed by atoms with Crippen LogP contribution < -0.4 is 9.47 Å². The largest absolute Gasteiger partial charge is 0.489 e. The molecule has 0 bridgehead atoms. The van der Waals surface area contributed by atoms with E-state index in [0.29, 0.717) is 12.2 Å². The lowest BCUT2D eigenvalue weighted by atomic mass is 10.0. The number of ether oxygens (including phenoxy) is 2. The van der Waals surface area contributed by atoms with Gasteiger partial charge in [0.15, 0.2) is 11.5 Å². The average molecular weight is 518 g/mol. The molecule has 0 atom stereocenters. The van der Waals surface area contributed by atoms with Gasteiger partial charge in [-0.3, -0.25) is 14.9 Å². The lowest BCUT2D eigenvalue weighted by Crippen LogP contribution is -2.10. The Balaban J connectivity index is 1.68. The number of rotatable bonds is 18. The molecule has 202 valence electrons. The molecular weight excluding hydrogens is 478 g/mol. The van der Waals surface area contributed by atoms with Crippen LogP contribution in [0.5, 0.6) is 11.5 Å². The van der Waals surface area contributed by atoms with E-state index in [9.17, 15) is 14.9 Å². The van der Waals surface area contributed by atoms with Crippen LogP contribution in [0.15, 0.2) is 72.8 Å². The third kappa shape index (κ3) is 9.02. The molecule has 3 aromatic rings. The highest BCUT2D eigenvalue weighted by Gasteiger charge is 2.30. The van der Waals surface area contributed by atoms with E-state index in [1.165, 1.54) is 51.0 Å². The van der Waals surface area contributed by atoms with Crippen molar-refractivity contribution >= 4 is 11.5 Å². The predicted octanol–water partition coefficient (Wildman–Crippen LogP) is 8.70. The Morgan fingerprint density at radius 1 is 0.737 bits per heavy atom. The minimum absolute atomic E-state index is 0.00675. The molecular formula is C32H39NO5. The van der Waals surface area contributed by atoms with Crippen molar-refractivity contribution in [2.75, 3.05) is 6.61 Å². The second-order valence-electron chi connectivity index (χ2n) is 9.55. The molecule has 3 aromatic carbocycles. The number of hydrogen-bond acceptors (Lipinski definition) is 5. The summed E-state index contributed by atoms with van der Waals surface area (Å²) in [5.41, 5.74) is 0.858. The highest BCUT2D eigenvalue weighted by molar-refractivity contribution is 6.12. The van der Waals surface area contributed by atoms with Crippen LogP contribution >= 0.6 is 0 Å². The molecule has 3 rings (SSSR count). The average Bonchev–Trinajstić information content (AvgIpc) is 2.95. The summed E-state index contributed by atoms with van der Waals surface area (Å²) >= 11 is 0. The zero-order chi connectivity index (χ0) is 27.0. The first kappa shape index (κ1) is 28.9. The second kappa shape index (κ2) is 16.2. The van der Waals surface area contributed by atoms with Crippen LogP contribution in [0, 0.1) is 10.1 Å². The normalized spacial score (nSPS) is 10.8. The molecule has 0 saturated carbocycles. The minimum Gasteiger partial charge on any atom is -0.489 e. The van der Waals surface area contributed by atoms with E-state index >= 15 is 0 Å². The Bertz CT molecular complexity index is 1130. The molecule has 0 aromatic heterocycles. The third-order valence-electron chi connectivity index (χ3n) is 6.54. The molecule has 0 aliphatic carbocycles. The summed E-state index contributed by atoms with van der Waals surface area (Å²) < 4.78 is 12.0. The zero-order valence-electron chi connectivity index (χ0n) is 22.4. The van der Waals surface area contributed by atoms with Gasteiger partial charge in [0, 0.05) is 5.56 Å². The van der Waals surface area contributed by atoms with Gasteiger partial charge in [-0.1, -0.05) is 125 Å². The second-order valence-corrected chi connectivity index (χ2v) is 9.55. The van der Waals surface area contributed by atoms with Gasteiger partial charge in [-0.2, -0.15) is 0 Å². The number of unbranched alkanes of at least 4 members (excludes halogenated alkanes) is 9. The fourth-order valence-corrected chi connectivity index (χ4v) is 4.42. The Morgan fingerprint density at radius 2 is 1.32 bits per heavy atom. The molecule has 0 aliphatic heterocycles. The lowest BCUT2D eigenvalue weighted by molar-refractivity contribution is -0.386. The van der Waals surface area contributed by atoms with Gasteiger partial charge in [-0.15, -0.1) is 0 Å². The summed E-state index contributed by atoms with van der Waals surface area (Å²) in [6, 6.07) is 21.1. The summed E-state index contributed by atoms with van der Waals surface area (Å²) in [4.78, 5) is 24.8. The maximum atomic E-state index is 13.2. The summed E-state index contributed by atoms with van der Waals surface area (Å²) in [5, 5.41) is 12.2. The molecule has 6 nitrogen and oxygen atoms in total. The van der Waals surface area contributed by atoms with Gasteiger partial charge in [0.1, 0.15) is 12.2 Å². The number of ketones is 1. The SMILES string of the molecule is CCCCCCCCCCCCOc1ccc(C(=O)c2ccccc2)c([N+](=O)[O-])c1OCc1ccccc1. The minimum atomic E-state index is -0.552. The van der Waals surface area contributed by atoms with Crippen LogP contribution in [0.25, 0.3) is 0 Å². The Kier molecular flexibility index (Phi) is 12.3. The van der Waals surface area contributed by atoms with E-state index in [-0.39, 0.29) is 29.4 Å². The van der Waals surface area contributed by atoms with Gasteiger partial charge in [0.25, 0.3) is 0 Å². The molecule has 0 radical (unpaired) electrons. The van der Waals surface area contributed by atoms with Crippen LogP contribution in [0.2, 0.25) is 0 Å². The molecule has 38 heavy (non-hydrogen) atoms. The number of carbonyl (C=O) groups is 1. The van der Waals surface area contributed by atoms with Crippen molar-refractivity contribution in [2.24, 2.45) is 0 Å². The van der Waals surface area contributed by atoms with Gasteiger partial charge in [-0.25, -0.2) is 0 Å². The molecule has 0 unspecified atom stereocenters. The monoisotopic (exact) mass is 517 g/mol. The van der Waals surface area contributed by atoms with Crippen molar-refractivity contribution in [3.8, 4) is 11.5 Å². The van der Waals surface area contributed by atoms with Crippen LogP contribution in [-0.4, -0.2) is 17.3 Å². The Labute approximate surface area is 226 Å². The first-order valence-electron chi connectivity index (χ1n) is 13.8. The Hall–Kier alpha value is -3.67. The maximum Gasteiger partial charge on any atom is 0.326 e. The van der Waals surface area contributed by atoms with Crippen LogP contribution in [0.1, 0.15) is 92.6 Å². The van der Waals surface area contributed by atoms with Crippen molar-refractivity contribution in [3.05, 3.63) is 99.6 Å². The molecule has 0 fully saturated rings. The highest BCUT2D eigenvalue weighted by atomic mass is 16.6. The van der Waals surface area contributed by atoms with Crippen molar-refractivity contribution in [1.82, 2.24) is 0 Å². The van der Waals surface area contributed by atoms with E-state index < -0.39 is 10.7 Å². The molecule has 0 spiro atoms. The number of nitro benzene ring substituents is 1. The number of nitro groups is 1. The standard InChI is InChI=1S/C32H39NO5/c1-2-3-4-5-6-7-8-9-10-17-24-37-29-23-22-28(31(34)27-20-15-12-16-21-27)30(33(35)36)32(29)38-25-26-18-13-11-14-19-26/h11-16,18-23H,2-10,17,24-25H2,1H3. The van der Waals surface area contributed by atoms with Crippen molar-refractivity contribution in [2.45, 2.75) is 77.7 Å². The number of carbonyl (C=O) groups excluding carboxylic acids is 1. The van der Waals surface area contributed by atoms with Crippen LogP contribution in [0.3, 0.4) is 0 Å². The van der Waals surface area contributed by atoms with Crippen molar-refractivity contribution in [1.29, 1.82) is 0 Å².